The van der Waals surface area contributed by atoms with E-state index in [1.165, 1.54) is 0 Å². The van der Waals surface area contributed by atoms with Crippen LogP contribution in [-0.4, -0.2) is 73.1 Å². The lowest BCUT2D eigenvalue weighted by Crippen LogP contribution is -2.69. The van der Waals surface area contributed by atoms with E-state index in [0.29, 0.717) is 13.0 Å². The Morgan fingerprint density at radius 1 is 1.18 bits per heavy atom. The van der Waals surface area contributed by atoms with Crippen LogP contribution >= 0.6 is 11.6 Å². The molecule has 6 atom stereocenters. The summed E-state index contributed by atoms with van der Waals surface area (Å²) in [4.78, 5) is 17.7. The van der Waals surface area contributed by atoms with Gasteiger partial charge in [-0.25, -0.2) is 0 Å². The van der Waals surface area contributed by atoms with E-state index in [-0.39, 0.29) is 29.3 Å². The summed E-state index contributed by atoms with van der Waals surface area (Å²) in [5.41, 5.74) is -0.697. The maximum absolute atomic E-state index is 13.0. The van der Waals surface area contributed by atoms with Crippen molar-refractivity contribution in [2.75, 3.05) is 44.7 Å². The van der Waals surface area contributed by atoms with Gasteiger partial charge in [-0.05, 0) is 57.2 Å². The lowest BCUT2D eigenvalue weighted by Gasteiger charge is -2.62. The molecule has 6 nitrogen and oxygen atoms in total. The number of anilines is 1. The molecule has 0 amide bonds. The van der Waals surface area contributed by atoms with Gasteiger partial charge in [-0.2, -0.15) is 0 Å². The highest BCUT2D eigenvalue weighted by Crippen LogP contribution is 2.61. The summed E-state index contributed by atoms with van der Waals surface area (Å²) >= 11 is 6.17. The van der Waals surface area contributed by atoms with Crippen LogP contribution in [-0.2, 0) is 14.3 Å². The molecule has 4 fully saturated rings. The number of rotatable bonds is 4. The van der Waals surface area contributed by atoms with E-state index >= 15 is 0 Å². The maximum atomic E-state index is 13.0. The molecule has 2 aliphatic carbocycles. The number of aliphatic hydroxyl groups is 1. The van der Waals surface area contributed by atoms with Gasteiger partial charge in [0.05, 0.1) is 17.1 Å². The van der Waals surface area contributed by atoms with Crippen molar-refractivity contribution < 1.29 is 19.4 Å². The van der Waals surface area contributed by atoms with Crippen LogP contribution in [0, 0.1) is 17.3 Å². The van der Waals surface area contributed by atoms with Gasteiger partial charge in [-0.3, -0.25) is 9.69 Å². The van der Waals surface area contributed by atoms with Crippen LogP contribution in [0.5, 0.6) is 0 Å². The molecular weight excluding hydrogens is 440 g/mol. The second-order valence-corrected chi connectivity index (χ2v) is 11.6. The fourth-order valence-electron chi connectivity index (χ4n) is 7.23. The van der Waals surface area contributed by atoms with Gasteiger partial charge >= 0.3 is 5.97 Å². The minimum Gasteiger partial charge on any atom is -0.462 e. The standard InChI is InChI=1S/C26H37ClN2O4/c1-24-8-5-9-25(2,32-3)26(24,31)15-20-21(23(30)33-22(20)16-24)17-28-10-12-29(13-11-28)19-7-4-6-18(27)14-19/h4,6-7,14,20-22,31H,5,8-13,15-17H2,1-3H3/t20-,21-,22-,24-,25-,26-/m1/s1. The van der Waals surface area contributed by atoms with Crippen LogP contribution in [0.25, 0.3) is 0 Å². The lowest BCUT2D eigenvalue weighted by molar-refractivity contribution is -0.270. The molecule has 182 valence electrons. The van der Waals surface area contributed by atoms with Gasteiger partial charge in [0.1, 0.15) is 6.10 Å². The predicted octanol–water partition coefficient (Wildman–Crippen LogP) is 3.74. The zero-order chi connectivity index (χ0) is 23.4. The third-order valence-electron chi connectivity index (χ3n) is 9.45. The summed E-state index contributed by atoms with van der Waals surface area (Å²) in [6.45, 7) is 8.50. The first-order valence-corrected chi connectivity index (χ1v) is 12.8. The molecule has 7 heteroatoms. The fraction of sp³-hybridized carbons (Fsp3) is 0.731. The van der Waals surface area contributed by atoms with Gasteiger partial charge in [-0.1, -0.05) is 24.6 Å². The Morgan fingerprint density at radius 2 is 1.94 bits per heavy atom. The Kier molecular flexibility index (Phi) is 5.96. The molecule has 1 aromatic rings. The molecular formula is C26H37ClN2O4. The van der Waals surface area contributed by atoms with Crippen LogP contribution in [0.2, 0.25) is 5.02 Å². The largest absolute Gasteiger partial charge is 0.462 e. The molecule has 0 radical (unpaired) electrons. The Morgan fingerprint density at radius 3 is 2.64 bits per heavy atom. The number of hydrogen-bond donors (Lipinski definition) is 1. The molecule has 5 rings (SSSR count). The first-order valence-electron chi connectivity index (χ1n) is 12.4. The number of halogens is 1. The second kappa shape index (κ2) is 8.40. The average Bonchev–Trinajstić information content (AvgIpc) is 3.07. The quantitative estimate of drug-likeness (QED) is 0.668. The SMILES string of the molecule is CO[C@]1(C)CCC[C@]2(C)C[C@H]3OC(=O)[C@H](CN4CCN(c5cccc(Cl)c5)CC4)[C@H]3C[C@@]21O. The number of piperazine rings is 1. The molecule has 0 spiro atoms. The third-order valence-corrected chi connectivity index (χ3v) is 9.69. The van der Waals surface area contributed by atoms with E-state index < -0.39 is 11.2 Å². The number of benzene rings is 1. The third kappa shape index (κ3) is 3.78. The monoisotopic (exact) mass is 476 g/mol. The molecule has 2 saturated carbocycles. The first kappa shape index (κ1) is 23.4. The van der Waals surface area contributed by atoms with Gasteiger partial charge in [0, 0.05) is 61.9 Å². The number of esters is 1. The molecule has 1 N–H and O–H groups in total. The van der Waals surface area contributed by atoms with Crippen molar-refractivity contribution in [1.29, 1.82) is 0 Å². The number of ether oxygens (including phenoxy) is 2. The second-order valence-electron chi connectivity index (χ2n) is 11.1. The average molecular weight is 477 g/mol. The van der Waals surface area contributed by atoms with Crippen molar-refractivity contribution in [3.8, 4) is 0 Å². The zero-order valence-corrected chi connectivity index (χ0v) is 20.8. The van der Waals surface area contributed by atoms with E-state index in [1.54, 1.807) is 7.11 Å². The summed E-state index contributed by atoms with van der Waals surface area (Å²) in [7, 11) is 1.71. The van der Waals surface area contributed by atoms with Gasteiger partial charge < -0.3 is 19.5 Å². The molecule has 33 heavy (non-hydrogen) atoms. The van der Waals surface area contributed by atoms with Crippen LogP contribution in [0.3, 0.4) is 0 Å². The summed E-state index contributed by atoms with van der Waals surface area (Å²) in [5, 5.41) is 12.8. The topological polar surface area (TPSA) is 62.2 Å². The van der Waals surface area contributed by atoms with Crippen LogP contribution in [0.15, 0.2) is 24.3 Å². The Labute approximate surface area is 202 Å². The van der Waals surface area contributed by atoms with Gasteiger partial charge in [-0.15, -0.1) is 0 Å². The van der Waals surface area contributed by atoms with Crippen molar-refractivity contribution in [3.05, 3.63) is 29.3 Å². The smallest absolute Gasteiger partial charge is 0.310 e. The summed E-state index contributed by atoms with van der Waals surface area (Å²) in [6, 6.07) is 7.98. The van der Waals surface area contributed by atoms with Gasteiger partial charge in [0.15, 0.2) is 0 Å². The van der Waals surface area contributed by atoms with E-state index in [2.05, 4.69) is 22.8 Å². The number of methoxy groups -OCH3 is 1. The van der Waals surface area contributed by atoms with Gasteiger partial charge in [0.25, 0.3) is 0 Å². The fourth-order valence-corrected chi connectivity index (χ4v) is 7.42. The number of nitrogens with zero attached hydrogens (tertiary/aromatic N) is 2. The molecule has 1 aromatic carbocycles. The summed E-state index contributed by atoms with van der Waals surface area (Å²) < 4.78 is 11.9. The molecule has 0 bridgehead atoms. The Balaban J connectivity index is 1.28. The molecule has 4 aliphatic rings. The summed E-state index contributed by atoms with van der Waals surface area (Å²) in [6.07, 6.45) is 4.00. The Bertz CT molecular complexity index is 906. The molecule has 0 aromatic heterocycles. The van der Waals surface area contributed by atoms with Crippen molar-refractivity contribution >= 4 is 23.3 Å². The Hall–Kier alpha value is -1.34. The predicted molar refractivity (Wildman–Crippen MR) is 129 cm³/mol. The highest BCUT2D eigenvalue weighted by atomic mass is 35.5. The maximum Gasteiger partial charge on any atom is 0.310 e. The minimum absolute atomic E-state index is 0.0362. The zero-order valence-electron chi connectivity index (χ0n) is 20.1. The molecule has 0 unspecified atom stereocenters. The molecule has 2 saturated heterocycles. The number of hydrogen-bond acceptors (Lipinski definition) is 6. The number of carbonyl (C=O) groups is 1. The van der Waals surface area contributed by atoms with Gasteiger partial charge in [0.2, 0.25) is 0 Å². The van der Waals surface area contributed by atoms with Crippen molar-refractivity contribution in [2.24, 2.45) is 17.3 Å². The molecule has 2 heterocycles. The first-order chi connectivity index (χ1) is 15.7. The van der Waals surface area contributed by atoms with E-state index in [9.17, 15) is 9.90 Å². The normalized spacial score (nSPS) is 41.4. The number of carbonyl (C=O) groups excluding carboxylic acids is 1. The summed E-state index contributed by atoms with van der Waals surface area (Å²) in [5.74, 6) is -0.245. The molecule has 2 aliphatic heterocycles. The van der Waals surface area contributed by atoms with E-state index in [4.69, 9.17) is 21.1 Å². The van der Waals surface area contributed by atoms with Crippen LogP contribution in [0.1, 0.15) is 46.0 Å². The highest BCUT2D eigenvalue weighted by Gasteiger charge is 2.67. The van der Waals surface area contributed by atoms with Crippen LogP contribution < -0.4 is 4.90 Å². The highest BCUT2D eigenvalue weighted by molar-refractivity contribution is 6.30. The van der Waals surface area contributed by atoms with Crippen molar-refractivity contribution in [1.82, 2.24) is 4.90 Å². The number of fused-ring (bicyclic) bond motifs is 2. The van der Waals surface area contributed by atoms with Crippen LogP contribution in [0.4, 0.5) is 5.69 Å². The van der Waals surface area contributed by atoms with E-state index in [1.807, 2.05) is 25.1 Å². The van der Waals surface area contributed by atoms with Crippen molar-refractivity contribution in [3.63, 3.8) is 0 Å². The minimum atomic E-state index is -0.953. The van der Waals surface area contributed by atoms with E-state index in [0.717, 1.165) is 62.6 Å². The van der Waals surface area contributed by atoms with Crippen molar-refractivity contribution in [2.45, 2.75) is 63.3 Å². The lowest BCUT2D eigenvalue weighted by atomic mass is 9.49.